The molecule has 0 radical (unpaired) electrons. The number of aryl methyl sites for hydroxylation is 1. The minimum atomic E-state index is 0.626. The zero-order valence-corrected chi connectivity index (χ0v) is 32.0. The lowest BCUT2D eigenvalue weighted by molar-refractivity contribution is 0.208. The molecule has 1 fully saturated rings. The van der Waals surface area contributed by atoms with Crippen molar-refractivity contribution in [2.45, 2.75) is 165 Å². The second-order valence-corrected chi connectivity index (χ2v) is 12.7. The number of aliphatic hydroxyl groups excluding tert-OH is 1. The number of hydrogen-bond donors (Lipinski definition) is 2. The van der Waals surface area contributed by atoms with Gasteiger partial charge in [0.05, 0.1) is 0 Å². The maximum Gasteiger partial charge on any atom is 0.0319 e. The maximum absolute atomic E-state index is 7.00. The molecular formula is C43H77NO. The maximum atomic E-state index is 7.00. The van der Waals surface area contributed by atoms with Gasteiger partial charge in [-0.05, 0) is 90.0 Å². The van der Waals surface area contributed by atoms with Gasteiger partial charge in [0.25, 0.3) is 0 Å². The fourth-order valence-electron chi connectivity index (χ4n) is 6.12. The summed E-state index contributed by atoms with van der Waals surface area (Å²) in [6, 6.07) is 15.7. The highest BCUT2D eigenvalue weighted by Gasteiger charge is 2.23. The number of aliphatic hydroxyl groups is 1. The molecule has 4 rings (SSSR count). The molecule has 2 heteroatoms. The van der Waals surface area contributed by atoms with E-state index in [1.165, 1.54) is 107 Å². The molecule has 260 valence electrons. The summed E-state index contributed by atoms with van der Waals surface area (Å²) in [7, 11) is 2.50. The monoisotopic (exact) mass is 624 g/mol. The topological polar surface area (TPSA) is 46.2 Å². The van der Waals surface area contributed by atoms with Gasteiger partial charge in [0, 0.05) is 7.11 Å². The number of unbranched alkanes of at least 4 members (excludes halogenated alkanes) is 3. The van der Waals surface area contributed by atoms with Gasteiger partial charge < -0.3 is 10.8 Å². The van der Waals surface area contributed by atoms with Crippen LogP contribution in [0.4, 0.5) is 0 Å². The van der Waals surface area contributed by atoms with Crippen LogP contribution in [0.5, 0.6) is 0 Å². The summed E-state index contributed by atoms with van der Waals surface area (Å²) in [4.78, 5) is 0. The van der Waals surface area contributed by atoms with Crippen LogP contribution in [-0.2, 0) is 12.8 Å². The third kappa shape index (κ3) is 18.1. The van der Waals surface area contributed by atoms with Gasteiger partial charge in [0.1, 0.15) is 0 Å². The van der Waals surface area contributed by atoms with Gasteiger partial charge in [0.2, 0.25) is 0 Å². The van der Waals surface area contributed by atoms with E-state index in [4.69, 9.17) is 5.11 Å². The molecule has 2 aromatic rings. The Labute approximate surface area is 282 Å². The third-order valence-corrected chi connectivity index (χ3v) is 9.67. The van der Waals surface area contributed by atoms with Crippen molar-refractivity contribution in [3.63, 3.8) is 0 Å². The Morgan fingerprint density at radius 2 is 1.31 bits per heavy atom. The molecule has 3 N–H and O–H groups in total. The Balaban J connectivity index is 0. The molecule has 0 bridgehead atoms. The van der Waals surface area contributed by atoms with Crippen LogP contribution in [0.15, 0.2) is 42.5 Å². The van der Waals surface area contributed by atoms with Gasteiger partial charge >= 0.3 is 0 Å². The number of fused-ring (bicyclic) bond motifs is 1. The lowest BCUT2D eigenvalue weighted by Gasteiger charge is -2.32. The van der Waals surface area contributed by atoms with E-state index in [0.29, 0.717) is 5.92 Å². The Hall–Kier alpha value is -1.90. The molecule has 0 aromatic heterocycles. The van der Waals surface area contributed by atoms with Gasteiger partial charge in [-0.15, -0.1) is 0 Å². The average Bonchev–Trinajstić information content (AvgIpc) is 3.12. The third-order valence-electron chi connectivity index (χ3n) is 9.67. The van der Waals surface area contributed by atoms with Crippen LogP contribution in [0.25, 0.3) is 12.2 Å². The van der Waals surface area contributed by atoms with Gasteiger partial charge in [0.15, 0.2) is 0 Å². The van der Waals surface area contributed by atoms with E-state index in [9.17, 15) is 0 Å². The van der Waals surface area contributed by atoms with Crippen molar-refractivity contribution in [1.29, 1.82) is 0 Å². The minimum Gasteiger partial charge on any atom is -0.400 e. The van der Waals surface area contributed by atoms with Crippen molar-refractivity contribution in [3.8, 4) is 0 Å². The lowest BCUT2D eigenvalue weighted by Crippen LogP contribution is -2.33. The Morgan fingerprint density at radius 1 is 0.756 bits per heavy atom. The molecule has 2 aliphatic carbocycles. The van der Waals surface area contributed by atoms with E-state index >= 15 is 0 Å². The highest BCUT2D eigenvalue weighted by molar-refractivity contribution is 5.45. The first-order valence-corrected chi connectivity index (χ1v) is 18.8. The average molecular weight is 624 g/mol. The zero-order valence-electron chi connectivity index (χ0n) is 32.0. The lowest BCUT2D eigenvalue weighted by atomic mass is 9.74. The fourth-order valence-corrected chi connectivity index (χ4v) is 6.12. The van der Waals surface area contributed by atoms with E-state index in [1.54, 1.807) is 11.1 Å². The van der Waals surface area contributed by atoms with E-state index in [2.05, 4.69) is 109 Å². The molecule has 1 saturated carbocycles. The molecule has 2 nitrogen and oxygen atoms in total. The summed E-state index contributed by atoms with van der Waals surface area (Å²) in [6.45, 7) is 20.3. The van der Waals surface area contributed by atoms with E-state index in [-0.39, 0.29) is 0 Å². The predicted octanol–water partition coefficient (Wildman–Crippen LogP) is 11.1. The molecule has 2 unspecified atom stereocenters. The van der Waals surface area contributed by atoms with Crippen molar-refractivity contribution >= 4 is 12.2 Å². The van der Waals surface area contributed by atoms with Gasteiger partial charge in [-0.2, -0.15) is 0 Å². The van der Waals surface area contributed by atoms with Crippen LogP contribution >= 0.6 is 0 Å². The first-order valence-electron chi connectivity index (χ1n) is 18.8. The summed E-state index contributed by atoms with van der Waals surface area (Å²) >= 11 is 0. The zero-order chi connectivity index (χ0) is 34.5. The summed E-state index contributed by atoms with van der Waals surface area (Å²) in [5, 5.41) is 9.97. The fraction of sp³-hybridized carbons (Fsp3) is 0.674. The minimum absolute atomic E-state index is 0.626. The molecule has 45 heavy (non-hydrogen) atoms. The van der Waals surface area contributed by atoms with Crippen molar-refractivity contribution < 1.29 is 5.11 Å². The van der Waals surface area contributed by atoms with Crippen LogP contribution in [0.2, 0.25) is 0 Å². The van der Waals surface area contributed by atoms with Crippen molar-refractivity contribution in [3.05, 3.63) is 69.6 Å². The van der Waals surface area contributed by atoms with Gasteiger partial charge in [-0.3, -0.25) is 0 Å². The Kier molecular flexibility index (Phi) is 29.6. The van der Waals surface area contributed by atoms with Gasteiger partial charge in [-0.25, -0.2) is 0 Å². The quantitative estimate of drug-likeness (QED) is 0.259. The number of hydrogen-bond acceptors (Lipinski definition) is 2. The molecule has 0 aliphatic heterocycles. The Morgan fingerprint density at radius 3 is 1.80 bits per heavy atom. The number of nitrogens with two attached hydrogens (primary N) is 1. The second-order valence-electron chi connectivity index (χ2n) is 12.7. The van der Waals surface area contributed by atoms with Crippen LogP contribution in [0.1, 0.15) is 168 Å². The second kappa shape index (κ2) is 29.5. The van der Waals surface area contributed by atoms with Crippen molar-refractivity contribution in [2.24, 2.45) is 17.1 Å². The van der Waals surface area contributed by atoms with E-state index in [1.807, 2.05) is 13.8 Å². The molecule has 2 atom stereocenters. The molecule has 0 saturated heterocycles. The summed E-state index contributed by atoms with van der Waals surface area (Å²) in [5.41, 5.74) is 9.83. The molecule has 2 aromatic carbocycles. The van der Waals surface area contributed by atoms with Crippen LogP contribution in [-0.4, -0.2) is 19.3 Å². The number of rotatable bonds is 10. The molecule has 2 aliphatic rings. The largest absolute Gasteiger partial charge is 0.400 e. The highest BCUT2D eigenvalue weighted by Crippen LogP contribution is 2.38. The van der Waals surface area contributed by atoms with Crippen molar-refractivity contribution in [1.82, 2.24) is 0 Å². The first kappa shape index (κ1) is 45.2. The number of benzene rings is 2. The first-order chi connectivity index (χ1) is 21.9. The van der Waals surface area contributed by atoms with Crippen molar-refractivity contribution in [2.75, 3.05) is 14.2 Å². The highest BCUT2D eigenvalue weighted by atomic mass is 16.2. The molecule has 0 amide bonds. The van der Waals surface area contributed by atoms with E-state index < -0.39 is 0 Å². The predicted molar refractivity (Wildman–Crippen MR) is 206 cm³/mol. The van der Waals surface area contributed by atoms with Crippen LogP contribution in [0, 0.1) is 11.3 Å². The standard InChI is InChI=1S/C24H30.C9H18.C6H14.C2H6.CH5N.CH4O/c1-4-18(2)19(3)22-17-15-21-12-8-9-13-23(21)24(22)16-14-20-10-6-5-7-11-20;1-3-9(2)7-5-4-6-8-9;1-3-5-6-4-2;3*1-2/h5-7,10-13,15,17-19H,4,8-9,14,16H2,1-3H3;3-8H2,1-2H3;3-6H2,1-2H3;1-2H3;2H2,1H3;2H,1H3. The molecule has 0 spiro atoms. The summed E-state index contributed by atoms with van der Waals surface area (Å²) in [5.74, 6) is 1.35. The van der Waals surface area contributed by atoms with Crippen LogP contribution < -0.4 is 16.2 Å². The smallest absolute Gasteiger partial charge is 0.0319 e. The Bertz CT molecular complexity index is 1030. The molecule has 0 heterocycles. The van der Waals surface area contributed by atoms with Gasteiger partial charge in [-0.1, -0.05) is 175 Å². The molecular weight excluding hydrogens is 546 g/mol. The summed E-state index contributed by atoms with van der Waals surface area (Å²) < 4.78 is 0. The normalized spacial score (nSPS) is 15.2. The SMILES string of the molecule is CC.CCC(C)C(C)c1ccc2c(c1CCc1ccccc1)=CCCC=2.CCC1(C)CCCCC1.CCCCCC.CN.CO. The summed E-state index contributed by atoms with van der Waals surface area (Å²) in [6.07, 6.45) is 25.1. The van der Waals surface area contributed by atoms with E-state index in [0.717, 1.165) is 31.3 Å². The van der Waals surface area contributed by atoms with Crippen LogP contribution in [0.3, 0.4) is 0 Å².